The third kappa shape index (κ3) is 2.17. The van der Waals surface area contributed by atoms with Gasteiger partial charge in [-0.05, 0) is 30.4 Å². The predicted octanol–water partition coefficient (Wildman–Crippen LogP) is 3.70. The molecule has 1 heterocycles. The Bertz CT molecular complexity index is 310. The average molecular weight is 203 g/mol. The molecule has 1 nitrogen and oxygen atoms in total. The SMILES string of the molecule is CC(C)(C)C1CCCN1c1ccccc1. The van der Waals surface area contributed by atoms with Crippen LogP contribution in [0.5, 0.6) is 0 Å². The van der Waals surface area contributed by atoms with Crippen LogP contribution in [0.2, 0.25) is 0 Å². The van der Waals surface area contributed by atoms with Crippen LogP contribution in [0.1, 0.15) is 33.6 Å². The van der Waals surface area contributed by atoms with E-state index in [4.69, 9.17) is 0 Å². The summed E-state index contributed by atoms with van der Waals surface area (Å²) in [5.41, 5.74) is 1.77. The van der Waals surface area contributed by atoms with E-state index in [2.05, 4.69) is 56.0 Å². The first kappa shape index (κ1) is 10.5. The van der Waals surface area contributed by atoms with Crippen molar-refractivity contribution in [1.29, 1.82) is 0 Å². The average Bonchev–Trinajstić information content (AvgIpc) is 2.67. The van der Waals surface area contributed by atoms with Crippen LogP contribution in [0.4, 0.5) is 5.69 Å². The number of para-hydroxylation sites is 1. The summed E-state index contributed by atoms with van der Waals surface area (Å²) in [7, 11) is 0. The van der Waals surface area contributed by atoms with Crippen molar-refractivity contribution < 1.29 is 0 Å². The molecule has 1 unspecified atom stereocenters. The third-order valence-corrected chi connectivity index (χ3v) is 3.34. The fourth-order valence-electron chi connectivity index (χ4n) is 2.60. The highest BCUT2D eigenvalue weighted by atomic mass is 15.2. The molecule has 1 aromatic carbocycles. The molecule has 15 heavy (non-hydrogen) atoms. The van der Waals surface area contributed by atoms with E-state index >= 15 is 0 Å². The molecule has 1 aliphatic rings. The van der Waals surface area contributed by atoms with Crippen LogP contribution in [0.25, 0.3) is 0 Å². The Kier molecular flexibility index (Phi) is 2.72. The monoisotopic (exact) mass is 203 g/mol. The molecule has 1 saturated heterocycles. The topological polar surface area (TPSA) is 3.24 Å². The van der Waals surface area contributed by atoms with Gasteiger partial charge in [-0.25, -0.2) is 0 Å². The fraction of sp³-hybridized carbons (Fsp3) is 0.571. The van der Waals surface area contributed by atoms with Gasteiger partial charge in [0, 0.05) is 18.3 Å². The molecule has 1 aliphatic heterocycles. The summed E-state index contributed by atoms with van der Waals surface area (Å²) in [4.78, 5) is 2.57. The van der Waals surface area contributed by atoms with Crippen LogP contribution in [0.3, 0.4) is 0 Å². The molecule has 0 N–H and O–H groups in total. The lowest BCUT2D eigenvalue weighted by Crippen LogP contribution is -2.39. The van der Waals surface area contributed by atoms with Gasteiger partial charge in [0.2, 0.25) is 0 Å². The molecule has 82 valence electrons. The Hall–Kier alpha value is -0.980. The van der Waals surface area contributed by atoms with Crippen LogP contribution in [-0.4, -0.2) is 12.6 Å². The summed E-state index contributed by atoms with van der Waals surface area (Å²) < 4.78 is 0. The van der Waals surface area contributed by atoms with Gasteiger partial charge in [-0.1, -0.05) is 39.0 Å². The lowest BCUT2D eigenvalue weighted by Gasteiger charge is -2.36. The maximum absolute atomic E-state index is 2.57. The van der Waals surface area contributed by atoms with Gasteiger partial charge in [0.05, 0.1) is 0 Å². The normalized spacial score (nSPS) is 22.1. The van der Waals surface area contributed by atoms with Crippen LogP contribution in [0, 0.1) is 5.41 Å². The van der Waals surface area contributed by atoms with Gasteiger partial charge in [0.25, 0.3) is 0 Å². The Morgan fingerprint density at radius 2 is 1.80 bits per heavy atom. The number of anilines is 1. The van der Waals surface area contributed by atoms with Crippen LogP contribution in [0.15, 0.2) is 30.3 Å². The fourth-order valence-corrected chi connectivity index (χ4v) is 2.60. The predicted molar refractivity (Wildman–Crippen MR) is 66.3 cm³/mol. The van der Waals surface area contributed by atoms with Gasteiger partial charge >= 0.3 is 0 Å². The van der Waals surface area contributed by atoms with Gasteiger partial charge in [-0.3, -0.25) is 0 Å². The quantitative estimate of drug-likeness (QED) is 0.672. The van der Waals surface area contributed by atoms with E-state index in [-0.39, 0.29) is 0 Å². The maximum atomic E-state index is 2.57. The first-order valence-electron chi connectivity index (χ1n) is 5.91. The molecule has 0 radical (unpaired) electrons. The second-order valence-corrected chi connectivity index (χ2v) is 5.55. The van der Waals surface area contributed by atoms with Gasteiger partial charge in [-0.2, -0.15) is 0 Å². The summed E-state index contributed by atoms with van der Waals surface area (Å²) in [6.45, 7) is 8.25. The number of benzene rings is 1. The molecule has 2 rings (SSSR count). The second kappa shape index (κ2) is 3.88. The molecule has 1 atom stereocenters. The molecule has 0 spiro atoms. The number of hydrogen-bond acceptors (Lipinski definition) is 1. The van der Waals surface area contributed by atoms with E-state index in [1.165, 1.54) is 25.1 Å². The maximum Gasteiger partial charge on any atom is 0.0368 e. The minimum absolute atomic E-state index is 0.381. The van der Waals surface area contributed by atoms with Gasteiger partial charge in [0.15, 0.2) is 0 Å². The first-order valence-corrected chi connectivity index (χ1v) is 5.91. The molecule has 0 aromatic heterocycles. The molecule has 1 fully saturated rings. The van der Waals surface area contributed by atoms with Crippen molar-refractivity contribution in [2.75, 3.05) is 11.4 Å². The van der Waals surface area contributed by atoms with E-state index in [0.29, 0.717) is 11.5 Å². The van der Waals surface area contributed by atoms with Gasteiger partial charge < -0.3 is 4.90 Å². The molecule has 0 aliphatic carbocycles. The Morgan fingerprint density at radius 1 is 1.13 bits per heavy atom. The van der Waals surface area contributed by atoms with Crippen molar-refractivity contribution in [1.82, 2.24) is 0 Å². The van der Waals surface area contributed by atoms with Crippen LogP contribution in [-0.2, 0) is 0 Å². The van der Waals surface area contributed by atoms with Gasteiger partial charge in [-0.15, -0.1) is 0 Å². The number of hydrogen-bond donors (Lipinski definition) is 0. The Balaban J connectivity index is 2.23. The van der Waals surface area contributed by atoms with Gasteiger partial charge in [0.1, 0.15) is 0 Å². The second-order valence-electron chi connectivity index (χ2n) is 5.55. The number of rotatable bonds is 1. The van der Waals surface area contributed by atoms with Crippen molar-refractivity contribution in [2.45, 2.75) is 39.7 Å². The molecule has 1 heteroatoms. The first-order chi connectivity index (χ1) is 7.09. The molecular weight excluding hydrogens is 182 g/mol. The van der Waals surface area contributed by atoms with Crippen molar-refractivity contribution in [3.63, 3.8) is 0 Å². The molecular formula is C14H21N. The highest BCUT2D eigenvalue weighted by molar-refractivity contribution is 5.48. The molecule has 1 aromatic rings. The lowest BCUT2D eigenvalue weighted by atomic mass is 9.85. The van der Waals surface area contributed by atoms with E-state index in [0.717, 1.165) is 0 Å². The third-order valence-electron chi connectivity index (χ3n) is 3.34. The molecule has 0 bridgehead atoms. The molecule has 0 amide bonds. The zero-order chi connectivity index (χ0) is 10.9. The van der Waals surface area contributed by atoms with Crippen LogP contribution >= 0.6 is 0 Å². The minimum Gasteiger partial charge on any atom is -0.368 e. The Morgan fingerprint density at radius 3 is 2.40 bits per heavy atom. The largest absolute Gasteiger partial charge is 0.368 e. The van der Waals surface area contributed by atoms with E-state index in [1.807, 2.05) is 0 Å². The summed E-state index contributed by atoms with van der Waals surface area (Å²) in [6, 6.07) is 11.5. The van der Waals surface area contributed by atoms with Crippen molar-refractivity contribution in [3.05, 3.63) is 30.3 Å². The standard InChI is InChI=1S/C14H21N/c1-14(2,3)13-10-7-11-15(13)12-8-5-4-6-9-12/h4-6,8-9,13H,7,10-11H2,1-3H3. The van der Waals surface area contributed by atoms with Crippen molar-refractivity contribution in [2.24, 2.45) is 5.41 Å². The summed E-state index contributed by atoms with van der Waals surface area (Å²) in [5, 5.41) is 0. The minimum atomic E-state index is 0.381. The number of nitrogens with zero attached hydrogens (tertiary/aromatic N) is 1. The van der Waals surface area contributed by atoms with Crippen molar-refractivity contribution in [3.8, 4) is 0 Å². The zero-order valence-corrected chi connectivity index (χ0v) is 10.0. The lowest BCUT2D eigenvalue weighted by molar-refractivity contribution is 0.320. The highest BCUT2D eigenvalue weighted by Crippen LogP contribution is 2.35. The highest BCUT2D eigenvalue weighted by Gasteiger charge is 2.33. The molecule has 0 saturated carbocycles. The smallest absolute Gasteiger partial charge is 0.0368 e. The van der Waals surface area contributed by atoms with Crippen molar-refractivity contribution >= 4 is 5.69 Å². The zero-order valence-electron chi connectivity index (χ0n) is 10.0. The van der Waals surface area contributed by atoms with E-state index in [1.54, 1.807) is 0 Å². The van der Waals surface area contributed by atoms with Crippen LogP contribution < -0.4 is 4.90 Å². The summed E-state index contributed by atoms with van der Waals surface area (Å²) in [5.74, 6) is 0. The Labute approximate surface area is 93.1 Å². The summed E-state index contributed by atoms with van der Waals surface area (Å²) in [6.07, 6.45) is 2.66. The summed E-state index contributed by atoms with van der Waals surface area (Å²) >= 11 is 0. The van der Waals surface area contributed by atoms with E-state index < -0.39 is 0 Å². The van der Waals surface area contributed by atoms with E-state index in [9.17, 15) is 0 Å².